The molecule has 0 radical (unpaired) electrons. The van der Waals surface area contributed by atoms with Gasteiger partial charge >= 0.3 is 0 Å². The van der Waals surface area contributed by atoms with Gasteiger partial charge in [-0.15, -0.1) is 0 Å². The van der Waals surface area contributed by atoms with Crippen LogP contribution in [0.2, 0.25) is 0 Å². The Hall–Kier alpha value is -1.03. The summed E-state index contributed by atoms with van der Waals surface area (Å²) in [5, 5.41) is 3.31. The Balaban J connectivity index is 2.02. The molecule has 0 aliphatic carbocycles. The highest BCUT2D eigenvalue weighted by atomic mass is 32.3. The lowest BCUT2D eigenvalue weighted by Crippen LogP contribution is -2.28. The number of nitrogens with one attached hydrogen (secondary N) is 1. The molecule has 37 heavy (non-hydrogen) atoms. The molecule has 0 fully saturated rings. The van der Waals surface area contributed by atoms with Crippen LogP contribution in [-0.4, -0.2) is 75.1 Å². The predicted octanol–water partition coefficient (Wildman–Crippen LogP) is 6.59. The standard InChI is InChI=1S/C29H54N2O5S/c1-6-9-12-29(13-10-7-2)14-11-25-22-26(31(4)5)27(23-28(25)37(32,33)24-29)36-21-20-35-19-18-34-17-16-30-15-8-3/h22-23,30,32-33H,6-21,24H2,1-5H3. The van der Waals surface area contributed by atoms with E-state index in [9.17, 15) is 9.11 Å². The number of anilines is 1. The molecule has 0 aromatic heterocycles. The molecule has 8 heteroatoms. The Bertz CT molecular complexity index is 767. The summed E-state index contributed by atoms with van der Waals surface area (Å²) < 4.78 is 40.3. The van der Waals surface area contributed by atoms with Gasteiger partial charge in [0.15, 0.2) is 0 Å². The molecule has 1 aliphatic heterocycles. The Morgan fingerprint density at radius 1 is 0.892 bits per heavy atom. The molecule has 0 unspecified atom stereocenters. The van der Waals surface area contributed by atoms with E-state index in [1.54, 1.807) is 0 Å². The van der Waals surface area contributed by atoms with E-state index in [0.717, 1.165) is 82.1 Å². The van der Waals surface area contributed by atoms with Gasteiger partial charge in [-0.1, -0.05) is 46.5 Å². The van der Waals surface area contributed by atoms with Gasteiger partial charge in [0.2, 0.25) is 0 Å². The number of hydrogen-bond donors (Lipinski definition) is 3. The number of aryl methyl sites for hydroxylation is 1. The Kier molecular flexibility index (Phi) is 14.6. The van der Waals surface area contributed by atoms with Crippen molar-refractivity contribution < 1.29 is 23.3 Å². The summed E-state index contributed by atoms with van der Waals surface area (Å²) in [6.07, 6.45) is 9.66. The number of hydrogen-bond acceptors (Lipinski definition) is 7. The van der Waals surface area contributed by atoms with Gasteiger partial charge in [0.05, 0.1) is 37.0 Å². The fourth-order valence-corrected chi connectivity index (χ4v) is 7.46. The molecule has 1 aromatic carbocycles. The minimum Gasteiger partial charge on any atom is -0.489 e. The minimum atomic E-state index is -2.92. The van der Waals surface area contributed by atoms with E-state index < -0.39 is 10.6 Å². The van der Waals surface area contributed by atoms with Gasteiger partial charge in [-0.2, -0.15) is 10.6 Å². The second-order valence-corrected chi connectivity index (χ2v) is 12.7. The maximum absolute atomic E-state index is 11.5. The van der Waals surface area contributed by atoms with Gasteiger partial charge in [0.1, 0.15) is 12.4 Å². The zero-order valence-electron chi connectivity index (χ0n) is 24.2. The minimum absolute atomic E-state index is 0.00878. The first-order chi connectivity index (χ1) is 17.8. The van der Waals surface area contributed by atoms with Crippen LogP contribution in [0.4, 0.5) is 5.69 Å². The van der Waals surface area contributed by atoms with E-state index in [1.165, 1.54) is 0 Å². The molecule has 1 aliphatic rings. The van der Waals surface area contributed by atoms with Gasteiger partial charge < -0.3 is 24.4 Å². The SMILES string of the molecule is CCCCC1(CCCC)CCc2cc(N(C)C)c(OCCOCCOCCNCCC)cc2S(O)(O)C1. The predicted molar refractivity (Wildman–Crippen MR) is 157 cm³/mol. The summed E-state index contributed by atoms with van der Waals surface area (Å²) in [4.78, 5) is 2.71. The number of fused-ring (bicyclic) bond motifs is 1. The molecule has 1 aromatic rings. The van der Waals surface area contributed by atoms with Crippen LogP contribution in [0.5, 0.6) is 5.75 Å². The van der Waals surface area contributed by atoms with Crippen LogP contribution in [0.15, 0.2) is 17.0 Å². The molecular weight excluding hydrogens is 488 g/mol. The average molecular weight is 543 g/mol. The first-order valence-corrected chi connectivity index (χ1v) is 16.1. The van der Waals surface area contributed by atoms with Crippen molar-refractivity contribution in [2.45, 2.75) is 83.5 Å². The number of rotatable bonds is 19. The summed E-state index contributed by atoms with van der Waals surface area (Å²) in [7, 11) is 1.08. The van der Waals surface area contributed by atoms with Gasteiger partial charge in [0, 0.05) is 32.5 Å². The van der Waals surface area contributed by atoms with Crippen molar-refractivity contribution >= 4 is 16.3 Å². The Morgan fingerprint density at radius 2 is 1.54 bits per heavy atom. The summed E-state index contributed by atoms with van der Waals surface area (Å²) in [6, 6.07) is 4.00. The number of unbranched alkanes of at least 4 members (excludes halogenated alkanes) is 2. The van der Waals surface area contributed by atoms with E-state index in [2.05, 4.69) is 32.2 Å². The molecule has 7 nitrogen and oxygen atoms in total. The summed E-state index contributed by atoms with van der Waals surface area (Å²) in [6.45, 7) is 11.1. The normalized spacial score (nSPS) is 17.2. The van der Waals surface area contributed by atoms with Crippen LogP contribution in [0.3, 0.4) is 0 Å². The first kappa shape index (κ1) is 32.2. The highest BCUT2D eigenvalue weighted by Gasteiger charge is 2.39. The zero-order valence-corrected chi connectivity index (χ0v) is 25.0. The third-order valence-corrected chi connectivity index (χ3v) is 9.34. The van der Waals surface area contributed by atoms with Crippen LogP contribution in [0.25, 0.3) is 0 Å². The van der Waals surface area contributed by atoms with E-state index in [4.69, 9.17) is 14.2 Å². The molecule has 0 saturated heterocycles. The van der Waals surface area contributed by atoms with Crippen LogP contribution >= 0.6 is 10.6 Å². The van der Waals surface area contributed by atoms with Gasteiger partial charge in [-0.25, -0.2) is 0 Å². The Labute approximate surface area is 228 Å². The van der Waals surface area contributed by atoms with Crippen molar-refractivity contribution in [2.75, 3.05) is 70.9 Å². The van der Waals surface area contributed by atoms with Crippen molar-refractivity contribution in [3.8, 4) is 5.75 Å². The fourth-order valence-electron chi connectivity index (χ4n) is 5.14. The number of nitrogens with zero attached hydrogens (tertiary/aromatic N) is 1. The lowest BCUT2D eigenvalue weighted by Gasteiger charge is -2.42. The van der Waals surface area contributed by atoms with Gasteiger partial charge in [-0.05, 0) is 55.7 Å². The molecule has 0 bridgehead atoms. The van der Waals surface area contributed by atoms with E-state index in [-0.39, 0.29) is 5.41 Å². The smallest absolute Gasteiger partial charge is 0.144 e. The second-order valence-electron chi connectivity index (χ2n) is 10.7. The lowest BCUT2D eigenvalue weighted by molar-refractivity contribution is 0.0373. The Morgan fingerprint density at radius 3 is 2.16 bits per heavy atom. The maximum Gasteiger partial charge on any atom is 0.144 e. The van der Waals surface area contributed by atoms with Crippen molar-refractivity contribution in [3.05, 3.63) is 17.7 Å². The van der Waals surface area contributed by atoms with Crippen LogP contribution in [0.1, 0.15) is 77.7 Å². The highest BCUT2D eigenvalue weighted by molar-refractivity contribution is 8.24. The topological polar surface area (TPSA) is 83.4 Å². The molecule has 0 saturated carbocycles. The first-order valence-electron chi connectivity index (χ1n) is 14.4. The molecule has 1 heterocycles. The quantitative estimate of drug-likeness (QED) is 0.170. The van der Waals surface area contributed by atoms with Crippen LogP contribution in [0, 0.1) is 5.41 Å². The highest BCUT2D eigenvalue weighted by Crippen LogP contribution is 2.60. The molecule has 0 atom stereocenters. The summed E-state index contributed by atoms with van der Waals surface area (Å²) in [5.41, 5.74) is 2.00. The van der Waals surface area contributed by atoms with Gasteiger partial charge in [0.25, 0.3) is 0 Å². The van der Waals surface area contributed by atoms with Crippen molar-refractivity contribution in [1.82, 2.24) is 5.32 Å². The van der Waals surface area contributed by atoms with Crippen LogP contribution in [-0.2, 0) is 15.9 Å². The maximum atomic E-state index is 11.5. The van der Waals surface area contributed by atoms with Gasteiger partial charge in [-0.3, -0.25) is 9.11 Å². The van der Waals surface area contributed by atoms with E-state index in [1.807, 2.05) is 25.1 Å². The largest absolute Gasteiger partial charge is 0.489 e. The zero-order chi connectivity index (χ0) is 27.2. The molecular formula is C29H54N2O5S. The number of benzene rings is 1. The second kappa shape index (κ2) is 16.8. The molecule has 0 amide bonds. The third-order valence-electron chi connectivity index (χ3n) is 7.24. The van der Waals surface area contributed by atoms with Crippen molar-refractivity contribution in [1.29, 1.82) is 0 Å². The molecule has 2 rings (SSSR count). The van der Waals surface area contributed by atoms with Crippen molar-refractivity contribution in [2.24, 2.45) is 5.41 Å². The summed E-state index contributed by atoms with van der Waals surface area (Å²) in [5.74, 6) is 1.14. The third kappa shape index (κ3) is 10.6. The average Bonchev–Trinajstić information content (AvgIpc) is 2.98. The molecule has 216 valence electrons. The molecule has 0 spiro atoms. The molecule has 3 N–H and O–H groups in total. The van der Waals surface area contributed by atoms with Crippen LogP contribution < -0.4 is 15.0 Å². The van der Waals surface area contributed by atoms with E-state index in [0.29, 0.717) is 49.4 Å². The lowest BCUT2D eigenvalue weighted by atomic mass is 9.75. The van der Waals surface area contributed by atoms with Crippen molar-refractivity contribution in [3.63, 3.8) is 0 Å². The van der Waals surface area contributed by atoms with E-state index >= 15 is 0 Å². The fraction of sp³-hybridized carbons (Fsp3) is 0.793. The number of ether oxygens (including phenoxy) is 3. The summed E-state index contributed by atoms with van der Waals surface area (Å²) >= 11 is 0. The monoisotopic (exact) mass is 542 g/mol.